The van der Waals surface area contributed by atoms with E-state index < -0.39 is 0 Å². The maximum Gasteiger partial charge on any atom is 0.0195 e. The predicted octanol–water partition coefficient (Wildman–Crippen LogP) is 1.40. The number of rotatable bonds is 6. The molecule has 16 heavy (non-hydrogen) atoms. The van der Waals surface area contributed by atoms with Crippen LogP contribution in [0.4, 0.5) is 0 Å². The first-order chi connectivity index (χ1) is 7.59. The summed E-state index contributed by atoms with van der Waals surface area (Å²) in [5.41, 5.74) is 0. The molecule has 0 radical (unpaired) electrons. The van der Waals surface area contributed by atoms with Crippen LogP contribution >= 0.6 is 0 Å². The fourth-order valence-electron chi connectivity index (χ4n) is 2.34. The summed E-state index contributed by atoms with van der Waals surface area (Å²) in [6.45, 7) is 12.9. The Morgan fingerprint density at radius 1 is 1.25 bits per heavy atom. The Bertz CT molecular complexity index is 182. The molecule has 1 unspecified atom stereocenters. The van der Waals surface area contributed by atoms with Crippen LogP contribution in [0.15, 0.2) is 0 Å². The average molecular weight is 227 g/mol. The van der Waals surface area contributed by atoms with Crippen LogP contribution in [-0.4, -0.2) is 61.7 Å². The highest BCUT2D eigenvalue weighted by atomic mass is 15.3. The molecule has 1 atom stereocenters. The van der Waals surface area contributed by atoms with Gasteiger partial charge in [0.15, 0.2) is 0 Å². The third-order valence-corrected chi connectivity index (χ3v) is 3.39. The largest absolute Gasteiger partial charge is 0.315 e. The van der Waals surface area contributed by atoms with Crippen molar-refractivity contribution in [3.8, 4) is 0 Å². The Hall–Kier alpha value is -0.120. The molecule has 0 aromatic rings. The lowest BCUT2D eigenvalue weighted by molar-refractivity contribution is 0.0986. The monoisotopic (exact) mass is 227 g/mol. The van der Waals surface area contributed by atoms with E-state index in [2.05, 4.69) is 42.9 Å². The Morgan fingerprint density at radius 3 is 2.62 bits per heavy atom. The molecule has 1 N–H and O–H groups in total. The molecule has 1 aliphatic rings. The number of piperazine rings is 1. The van der Waals surface area contributed by atoms with E-state index in [0.29, 0.717) is 6.04 Å². The third-order valence-electron chi connectivity index (χ3n) is 3.39. The van der Waals surface area contributed by atoms with Gasteiger partial charge in [-0.25, -0.2) is 0 Å². The van der Waals surface area contributed by atoms with E-state index in [0.717, 1.165) is 6.04 Å². The van der Waals surface area contributed by atoms with Crippen LogP contribution in [0.25, 0.3) is 0 Å². The molecule has 3 nitrogen and oxygen atoms in total. The smallest absolute Gasteiger partial charge is 0.0195 e. The lowest BCUT2D eigenvalue weighted by Gasteiger charge is -2.38. The average Bonchev–Trinajstić information content (AvgIpc) is 2.20. The van der Waals surface area contributed by atoms with Gasteiger partial charge in [0, 0.05) is 31.7 Å². The van der Waals surface area contributed by atoms with E-state index in [1.165, 1.54) is 45.6 Å². The second-order valence-corrected chi connectivity index (χ2v) is 5.46. The van der Waals surface area contributed by atoms with E-state index in [1.807, 2.05) is 0 Å². The van der Waals surface area contributed by atoms with E-state index in [1.54, 1.807) is 0 Å². The van der Waals surface area contributed by atoms with Crippen molar-refractivity contribution in [3.05, 3.63) is 0 Å². The Labute approximate surface area is 101 Å². The zero-order chi connectivity index (χ0) is 12.0. The van der Waals surface area contributed by atoms with Crippen LogP contribution in [0, 0.1) is 0 Å². The fourth-order valence-corrected chi connectivity index (χ4v) is 2.34. The van der Waals surface area contributed by atoms with Gasteiger partial charge in [-0.05, 0) is 39.9 Å². The highest BCUT2D eigenvalue weighted by Gasteiger charge is 2.20. The maximum atomic E-state index is 3.47. The van der Waals surface area contributed by atoms with Gasteiger partial charge in [0.1, 0.15) is 0 Å². The van der Waals surface area contributed by atoms with Crippen molar-refractivity contribution in [3.63, 3.8) is 0 Å². The summed E-state index contributed by atoms with van der Waals surface area (Å²) in [6.07, 6.45) is 2.63. The molecule has 0 amide bonds. The third kappa shape index (κ3) is 5.28. The van der Waals surface area contributed by atoms with Crippen LogP contribution in [0.3, 0.4) is 0 Å². The lowest BCUT2D eigenvalue weighted by Crippen LogP contribution is -2.50. The Morgan fingerprint density at radius 2 is 2.00 bits per heavy atom. The van der Waals surface area contributed by atoms with Gasteiger partial charge in [0.25, 0.3) is 0 Å². The SMILES string of the molecule is CC(C)NCCCCN1CCN(C)CC1C. The van der Waals surface area contributed by atoms with Crippen molar-refractivity contribution >= 4 is 0 Å². The number of likely N-dealkylation sites (N-methyl/N-ethyl adjacent to an activating group) is 1. The first-order valence-electron chi connectivity index (χ1n) is 6.75. The topological polar surface area (TPSA) is 18.5 Å². The van der Waals surface area contributed by atoms with E-state index in [9.17, 15) is 0 Å². The maximum absolute atomic E-state index is 3.47. The molecule has 1 heterocycles. The summed E-state index contributed by atoms with van der Waals surface area (Å²) in [4.78, 5) is 5.07. The molecule has 0 saturated carbocycles. The van der Waals surface area contributed by atoms with Crippen LogP contribution in [-0.2, 0) is 0 Å². The van der Waals surface area contributed by atoms with Crippen LogP contribution in [0.2, 0.25) is 0 Å². The van der Waals surface area contributed by atoms with Gasteiger partial charge in [0.2, 0.25) is 0 Å². The van der Waals surface area contributed by atoms with Gasteiger partial charge in [-0.15, -0.1) is 0 Å². The Kier molecular flexibility index (Phi) is 6.32. The molecular weight excluding hydrogens is 198 g/mol. The molecule has 0 aliphatic carbocycles. The summed E-state index contributed by atoms with van der Waals surface area (Å²) in [6, 6.07) is 1.36. The molecule has 0 aromatic carbocycles. The lowest BCUT2D eigenvalue weighted by atomic mass is 10.1. The molecule has 1 saturated heterocycles. The molecule has 0 spiro atoms. The van der Waals surface area contributed by atoms with Gasteiger partial charge in [-0.2, -0.15) is 0 Å². The van der Waals surface area contributed by atoms with Crippen molar-refractivity contribution in [2.75, 3.05) is 39.8 Å². The molecule has 1 aliphatic heterocycles. The van der Waals surface area contributed by atoms with E-state index >= 15 is 0 Å². The molecule has 96 valence electrons. The molecular formula is C13H29N3. The molecule has 3 heteroatoms. The highest BCUT2D eigenvalue weighted by molar-refractivity contribution is 4.77. The first kappa shape index (κ1) is 13.9. The van der Waals surface area contributed by atoms with Gasteiger partial charge < -0.3 is 10.2 Å². The summed E-state index contributed by atoms with van der Waals surface area (Å²) in [5, 5.41) is 3.47. The number of unbranched alkanes of at least 4 members (excludes halogenated alkanes) is 1. The fraction of sp³-hybridized carbons (Fsp3) is 1.00. The number of hydrogen-bond donors (Lipinski definition) is 1. The molecule has 0 aromatic heterocycles. The number of nitrogens with one attached hydrogen (secondary N) is 1. The van der Waals surface area contributed by atoms with Gasteiger partial charge in [-0.1, -0.05) is 13.8 Å². The highest BCUT2D eigenvalue weighted by Crippen LogP contribution is 2.08. The summed E-state index contributed by atoms with van der Waals surface area (Å²) >= 11 is 0. The second kappa shape index (κ2) is 7.25. The predicted molar refractivity (Wildman–Crippen MR) is 70.9 cm³/mol. The Balaban J connectivity index is 2.04. The minimum absolute atomic E-state index is 0.627. The quantitative estimate of drug-likeness (QED) is 0.692. The van der Waals surface area contributed by atoms with Crippen molar-refractivity contribution < 1.29 is 0 Å². The minimum atomic E-state index is 0.627. The zero-order valence-corrected chi connectivity index (χ0v) is 11.5. The van der Waals surface area contributed by atoms with Gasteiger partial charge >= 0.3 is 0 Å². The second-order valence-electron chi connectivity index (χ2n) is 5.46. The minimum Gasteiger partial charge on any atom is -0.315 e. The number of nitrogens with zero attached hydrogens (tertiary/aromatic N) is 2. The first-order valence-corrected chi connectivity index (χ1v) is 6.75. The van der Waals surface area contributed by atoms with Crippen molar-refractivity contribution in [1.29, 1.82) is 0 Å². The summed E-state index contributed by atoms with van der Waals surface area (Å²) < 4.78 is 0. The van der Waals surface area contributed by atoms with Crippen molar-refractivity contribution in [2.45, 2.75) is 45.7 Å². The zero-order valence-electron chi connectivity index (χ0n) is 11.5. The molecule has 0 bridgehead atoms. The van der Waals surface area contributed by atoms with Crippen LogP contribution in [0.5, 0.6) is 0 Å². The van der Waals surface area contributed by atoms with Crippen molar-refractivity contribution in [2.24, 2.45) is 0 Å². The van der Waals surface area contributed by atoms with Crippen molar-refractivity contribution in [1.82, 2.24) is 15.1 Å². The van der Waals surface area contributed by atoms with Crippen LogP contribution in [0.1, 0.15) is 33.6 Å². The van der Waals surface area contributed by atoms with Gasteiger partial charge in [-0.3, -0.25) is 4.90 Å². The van der Waals surface area contributed by atoms with E-state index in [4.69, 9.17) is 0 Å². The van der Waals surface area contributed by atoms with E-state index in [-0.39, 0.29) is 0 Å². The standard InChI is InChI=1S/C13H29N3/c1-12(2)14-7-5-6-8-16-10-9-15(4)11-13(16)3/h12-14H,5-11H2,1-4H3. The summed E-state index contributed by atoms with van der Waals surface area (Å²) in [7, 11) is 2.22. The van der Waals surface area contributed by atoms with Crippen LogP contribution < -0.4 is 5.32 Å². The number of hydrogen-bond acceptors (Lipinski definition) is 3. The normalized spacial score (nSPS) is 24.2. The molecule has 1 fully saturated rings. The summed E-state index contributed by atoms with van der Waals surface area (Å²) in [5.74, 6) is 0. The van der Waals surface area contributed by atoms with Gasteiger partial charge in [0.05, 0.1) is 0 Å². The molecule has 1 rings (SSSR count).